The summed E-state index contributed by atoms with van der Waals surface area (Å²) in [7, 11) is 0.114. The zero-order valence-corrected chi connectivity index (χ0v) is 16.8. The van der Waals surface area contributed by atoms with E-state index in [9.17, 15) is 13.2 Å². The Morgan fingerprint density at radius 3 is 2.62 bits per heavy atom. The average Bonchev–Trinajstić information content (AvgIpc) is 2.81. The summed E-state index contributed by atoms with van der Waals surface area (Å²) in [6.45, 7) is 8.04. The van der Waals surface area contributed by atoms with E-state index in [1.807, 2.05) is 7.05 Å². The molecular formula is C18H29N3O4S. The van der Waals surface area contributed by atoms with Crippen LogP contribution in [0.5, 0.6) is 5.75 Å². The molecule has 0 radical (unpaired) electrons. The molecule has 1 saturated heterocycles. The third kappa shape index (κ3) is 4.96. The molecule has 1 aromatic rings. The first-order valence-corrected chi connectivity index (χ1v) is 10.6. The molecule has 1 heterocycles. The molecular weight excluding hydrogens is 354 g/mol. The minimum absolute atomic E-state index is 0.0146. The van der Waals surface area contributed by atoms with Crippen LogP contribution in [0.1, 0.15) is 24.2 Å². The van der Waals surface area contributed by atoms with Gasteiger partial charge in [0.15, 0.2) is 9.84 Å². The van der Waals surface area contributed by atoms with Gasteiger partial charge in [-0.1, -0.05) is 13.8 Å². The van der Waals surface area contributed by atoms with Gasteiger partial charge in [-0.2, -0.15) is 0 Å². The number of ether oxygens (including phenoxy) is 1. The van der Waals surface area contributed by atoms with E-state index in [4.69, 9.17) is 4.74 Å². The first kappa shape index (κ1) is 20.7. The molecule has 0 bridgehead atoms. The first-order chi connectivity index (χ1) is 12.3. The molecule has 1 aromatic carbocycles. The van der Waals surface area contributed by atoms with Crippen LogP contribution in [0.25, 0.3) is 0 Å². The largest absolute Gasteiger partial charge is 0.496 e. The van der Waals surface area contributed by atoms with Crippen LogP contribution >= 0.6 is 0 Å². The third-order valence-corrected chi connectivity index (χ3v) is 6.48. The Bertz CT molecular complexity index is 736. The zero-order chi connectivity index (χ0) is 19.3. The standard InChI is InChI=1S/C18H29N3O4S/c1-5-21-10-9-20(3)12-14(13-21)19-18(22)16-11-15(26(23,24)6-2)7-8-17(16)25-4/h7-8,11,14H,5-6,9-10,12-13H2,1-4H3,(H,19,22). The van der Waals surface area contributed by atoms with Gasteiger partial charge in [-0.05, 0) is 31.8 Å². The van der Waals surface area contributed by atoms with Crippen molar-refractivity contribution >= 4 is 15.7 Å². The second-order valence-corrected chi connectivity index (χ2v) is 8.87. The van der Waals surface area contributed by atoms with Gasteiger partial charge in [0.05, 0.1) is 29.4 Å². The number of nitrogens with zero attached hydrogens (tertiary/aromatic N) is 2. The number of benzene rings is 1. The molecule has 1 unspecified atom stereocenters. The number of sulfone groups is 1. The van der Waals surface area contributed by atoms with Crippen LogP contribution in [0.15, 0.2) is 23.1 Å². The number of amides is 1. The number of likely N-dealkylation sites (N-methyl/N-ethyl adjacent to an activating group) is 2. The molecule has 1 aliphatic heterocycles. The Labute approximate surface area is 156 Å². The fourth-order valence-corrected chi connectivity index (χ4v) is 4.01. The Morgan fingerprint density at radius 1 is 1.27 bits per heavy atom. The summed E-state index contributed by atoms with van der Waals surface area (Å²) in [5, 5.41) is 3.04. The second kappa shape index (κ2) is 8.83. The molecule has 1 atom stereocenters. The summed E-state index contributed by atoms with van der Waals surface area (Å²) in [5.74, 6) is 0.0393. The molecule has 0 aromatic heterocycles. The lowest BCUT2D eigenvalue weighted by Gasteiger charge is -2.24. The Kier molecular flexibility index (Phi) is 7.02. The van der Waals surface area contributed by atoms with Gasteiger partial charge in [0.2, 0.25) is 0 Å². The normalized spacial score (nSPS) is 19.8. The molecule has 1 N–H and O–H groups in total. The highest BCUT2D eigenvalue weighted by Gasteiger charge is 2.24. The fourth-order valence-electron chi connectivity index (χ4n) is 3.11. The Morgan fingerprint density at radius 2 is 2.00 bits per heavy atom. The van der Waals surface area contributed by atoms with Crippen molar-refractivity contribution in [1.82, 2.24) is 15.1 Å². The van der Waals surface area contributed by atoms with Crippen molar-refractivity contribution in [3.63, 3.8) is 0 Å². The summed E-state index contributed by atoms with van der Waals surface area (Å²) >= 11 is 0. The van der Waals surface area contributed by atoms with Crippen LogP contribution in [-0.4, -0.2) is 82.8 Å². The van der Waals surface area contributed by atoms with E-state index in [2.05, 4.69) is 22.0 Å². The van der Waals surface area contributed by atoms with Crippen LogP contribution in [0.3, 0.4) is 0 Å². The molecule has 1 aliphatic rings. The smallest absolute Gasteiger partial charge is 0.255 e. The molecule has 1 amide bonds. The maximum atomic E-state index is 12.9. The number of carbonyl (C=O) groups excluding carboxylic acids is 1. The summed E-state index contributed by atoms with van der Waals surface area (Å²) in [6, 6.07) is 4.39. The number of methoxy groups -OCH3 is 1. The van der Waals surface area contributed by atoms with E-state index in [1.54, 1.807) is 6.92 Å². The van der Waals surface area contributed by atoms with Crippen molar-refractivity contribution in [3.05, 3.63) is 23.8 Å². The molecule has 0 aliphatic carbocycles. The van der Waals surface area contributed by atoms with Crippen molar-refractivity contribution < 1.29 is 17.9 Å². The number of hydrogen-bond acceptors (Lipinski definition) is 6. The van der Waals surface area contributed by atoms with Crippen molar-refractivity contribution in [2.45, 2.75) is 24.8 Å². The zero-order valence-electron chi connectivity index (χ0n) is 16.0. The number of hydrogen-bond donors (Lipinski definition) is 1. The highest BCUT2D eigenvalue weighted by Crippen LogP contribution is 2.23. The monoisotopic (exact) mass is 383 g/mol. The summed E-state index contributed by atoms with van der Waals surface area (Å²) in [5.41, 5.74) is 0.247. The summed E-state index contributed by atoms with van der Waals surface area (Å²) in [4.78, 5) is 17.5. The lowest BCUT2D eigenvalue weighted by atomic mass is 10.1. The van der Waals surface area contributed by atoms with Crippen LogP contribution in [0, 0.1) is 0 Å². The third-order valence-electron chi connectivity index (χ3n) is 4.75. The van der Waals surface area contributed by atoms with E-state index in [0.29, 0.717) is 5.75 Å². The quantitative estimate of drug-likeness (QED) is 0.785. The Balaban J connectivity index is 2.26. The SMILES string of the molecule is CCN1CCN(C)CC(NC(=O)c2cc(S(=O)(=O)CC)ccc2OC)C1. The molecule has 2 rings (SSSR count). The van der Waals surface area contributed by atoms with Crippen LogP contribution in [0.4, 0.5) is 0 Å². The summed E-state index contributed by atoms with van der Waals surface area (Å²) < 4.78 is 29.6. The van der Waals surface area contributed by atoms with Crippen molar-refractivity contribution in [2.75, 3.05) is 52.6 Å². The molecule has 7 nitrogen and oxygen atoms in total. The minimum Gasteiger partial charge on any atom is -0.496 e. The van der Waals surface area contributed by atoms with Crippen molar-refractivity contribution in [1.29, 1.82) is 0 Å². The molecule has 8 heteroatoms. The fraction of sp³-hybridized carbons (Fsp3) is 0.611. The lowest BCUT2D eigenvalue weighted by molar-refractivity contribution is 0.0921. The van der Waals surface area contributed by atoms with Gasteiger partial charge < -0.3 is 19.9 Å². The topological polar surface area (TPSA) is 79.0 Å². The summed E-state index contributed by atoms with van der Waals surface area (Å²) in [6.07, 6.45) is 0. The first-order valence-electron chi connectivity index (χ1n) is 8.93. The van der Waals surface area contributed by atoms with Gasteiger partial charge in [-0.3, -0.25) is 4.79 Å². The highest BCUT2D eigenvalue weighted by molar-refractivity contribution is 7.91. The van der Waals surface area contributed by atoms with Crippen LogP contribution in [-0.2, 0) is 9.84 Å². The van der Waals surface area contributed by atoms with Crippen LogP contribution < -0.4 is 10.1 Å². The van der Waals surface area contributed by atoms with E-state index in [0.717, 1.165) is 32.7 Å². The van der Waals surface area contributed by atoms with E-state index >= 15 is 0 Å². The maximum absolute atomic E-state index is 12.9. The molecule has 1 fully saturated rings. The van der Waals surface area contributed by atoms with Crippen LogP contribution in [0.2, 0.25) is 0 Å². The second-order valence-electron chi connectivity index (χ2n) is 6.59. The predicted molar refractivity (Wildman–Crippen MR) is 102 cm³/mol. The molecule has 0 spiro atoms. The average molecular weight is 384 g/mol. The molecule has 26 heavy (non-hydrogen) atoms. The van der Waals surface area contributed by atoms with Crippen molar-refractivity contribution in [2.24, 2.45) is 0 Å². The van der Waals surface area contributed by atoms with E-state index in [-0.39, 0.29) is 28.2 Å². The van der Waals surface area contributed by atoms with E-state index < -0.39 is 9.84 Å². The van der Waals surface area contributed by atoms with Gasteiger partial charge in [0, 0.05) is 26.2 Å². The van der Waals surface area contributed by atoms with Gasteiger partial charge in [0.25, 0.3) is 5.91 Å². The molecule has 0 saturated carbocycles. The van der Waals surface area contributed by atoms with Gasteiger partial charge in [-0.25, -0.2) is 8.42 Å². The van der Waals surface area contributed by atoms with Crippen molar-refractivity contribution in [3.8, 4) is 5.75 Å². The lowest BCUT2D eigenvalue weighted by Crippen LogP contribution is -2.46. The number of rotatable bonds is 6. The Hall–Kier alpha value is -1.64. The highest BCUT2D eigenvalue weighted by atomic mass is 32.2. The van der Waals surface area contributed by atoms with Gasteiger partial charge in [0.1, 0.15) is 5.75 Å². The number of carbonyl (C=O) groups is 1. The minimum atomic E-state index is -3.39. The van der Waals surface area contributed by atoms with Gasteiger partial charge >= 0.3 is 0 Å². The predicted octanol–water partition coefficient (Wildman–Crippen LogP) is 0.855. The van der Waals surface area contributed by atoms with E-state index in [1.165, 1.54) is 25.3 Å². The molecule has 146 valence electrons. The van der Waals surface area contributed by atoms with Gasteiger partial charge in [-0.15, -0.1) is 0 Å². The maximum Gasteiger partial charge on any atom is 0.255 e. The number of nitrogens with one attached hydrogen (secondary N) is 1.